The van der Waals surface area contributed by atoms with Crippen LogP contribution < -0.4 is 10.6 Å². The highest BCUT2D eigenvalue weighted by Gasteiger charge is 2.15. The maximum absolute atomic E-state index is 11.9. The largest absolute Gasteiger partial charge is 0.384 e. The summed E-state index contributed by atoms with van der Waals surface area (Å²) in [4.78, 5) is 16.0. The van der Waals surface area contributed by atoms with Crippen LogP contribution >= 0.6 is 0 Å². The van der Waals surface area contributed by atoms with E-state index in [1.807, 2.05) is 26.8 Å². The normalized spacial score (nSPS) is 11.1. The van der Waals surface area contributed by atoms with Crippen LogP contribution in [0, 0.1) is 0 Å². The monoisotopic (exact) mass is 235 g/mol. The van der Waals surface area contributed by atoms with E-state index < -0.39 is 0 Å². The fourth-order valence-corrected chi connectivity index (χ4v) is 1.34. The molecule has 0 saturated carbocycles. The lowest BCUT2D eigenvalue weighted by Crippen LogP contribution is -2.40. The third-order valence-corrected chi connectivity index (χ3v) is 2.07. The molecule has 0 fully saturated rings. The van der Waals surface area contributed by atoms with Crippen LogP contribution in [-0.2, 0) is 0 Å². The SMILES string of the molecule is CCCNc1cncc(C(=O)NC(C)(C)C)c1. The molecule has 2 N–H and O–H groups in total. The van der Waals surface area contributed by atoms with Gasteiger partial charge in [0.15, 0.2) is 0 Å². The van der Waals surface area contributed by atoms with Gasteiger partial charge in [0.2, 0.25) is 0 Å². The fourth-order valence-electron chi connectivity index (χ4n) is 1.34. The zero-order valence-corrected chi connectivity index (χ0v) is 11.0. The second-order valence-corrected chi connectivity index (χ2v) is 5.09. The van der Waals surface area contributed by atoms with E-state index in [-0.39, 0.29) is 11.4 Å². The molecule has 17 heavy (non-hydrogen) atoms. The van der Waals surface area contributed by atoms with E-state index in [9.17, 15) is 4.79 Å². The van der Waals surface area contributed by atoms with Gasteiger partial charge in [0, 0.05) is 24.5 Å². The molecule has 0 saturated heterocycles. The molecule has 0 aromatic carbocycles. The Bertz CT molecular complexity index is 382. The van der Waals surface area contributed by atoms with Crippen molar-refractivity contribution in [2.45, 2.75) is 39.7 Å². The molecule has 0 aliphatic carbocycles. The van der Waals surface area contributed by atoms with Gasteiger partial charge >= 0.3 is 0 Å². The number of pyridine rings is 1. The van der Waals surface area contributed by atoms with Crippen LogP contribution in [0.3, 0.4) is 0 Å². The van der Waals surface area contributed by atoms with Crippen molar-refractivity contribution in [3.05, 3.63) is 24.0 Å². The summed E-state index contributed by atoms with van der Waals surface area (Å²) in [5.74, 6) is -0.0925. The van der Waals surface area contributed by atoms with E-state index in [1.54, 1.807) is 12.4 Å². The molecule has 1 rings (SSSR count). The zero-order chi connectivity index (χ0) is 12.9. The van der Waals surface area contributed by atoms with Gasteiger partial charge in [-0.3, -0.25) is 9.78 Å². The number of carbonyl (C=O) groups is 1. The summed E-state index contributed by atoms with van der Waals surface area (Å²) < 4.78 is 0. The molecule has 94 valence electrons. The Hall–Kier alpha value is -1.58. The number of carbonyl (C=O) groups excluding carboxylic acids is 1. The lowest BCUT2D eigenvalue weighted by atomic mass is 10.1. The number of hydrogen-bond acceptors (Lipinski definition) is 3. The molecule has 0 bridgehead atoms. The molecular formula is C13H21N3O. The first-order valence-electron chi connectivity index (χ1n) is 5.94. The highest BCUT2D eigenvalue weighted by Crippen LogP contribution is 2.10. The topological polar surface area (TPSA) is 54.0 Å². The van der Waals surface area contributed by atoms with E-state index >= 15 is 0 Å². The first-order valence-corrected chi connectivity index (χ1v) is 5.94. The molecule has 0 atom stereocenters. The van der Waals surface area contributed by atoms with Crippen LogP contribution in [0.5, 0.6) is 0 Å². The number of anilines is 1. The van der Waals surface area contributed by atoms with Crippen LogP contribution in [0.1, 0.15) is 44.5 Å². The van der Waals surface area contributed by atoms with Crippen molar-refractivity contribution in [2.24, 2.45) is 0 Å². The lowest BCUT2D eigenvalue weighted by molar-refractivity contribution is 0.0919. The van der Waals surface area contributed by atoms with Crippen LogP contribution in [0.2, 0.25) is 0 Å². The summed E-state index contributed by atoms with van der Waals surface area (Å²) in [6.07, 6.45) is 4.35. The van der Waals surface area contributed by atoms with Crippen molar-refractivity contribution in [3.8, 4) is 0 Å². The molecule has 0 spiro atoms. The summed E-state index contributed by atoms with van der Waals surface area (Å²) in [5.41, 5.74) is 1.23. The maximum atomic E-state index is 11.9. The smallest absolute Gasteiger partial charge is 0.253 e. The van der Waals surface area contributed by atoms with Gasteiger partial charge in [-0.1, -0.05) is 6.92 Å². The Morgan fingerprint density at radius 2 is 2.06 bits per heavy atom. The number of nitrogens with zero attached hydrogens (tertiary/aromatic N) is 1. The van der Waals surface area contributed by atoms with E-state index in [1.165, 1.54) is 0 Å². The van der Waals surface area contributed by atoms with Gasteiger partial charge in [0.05, 0.1) is 11.3 Å². The second kappa shape index (κ2) is 5.66. The highest BCUT2D eigenvalue weighted by atomic mass is 16.1. The Morgan fingerprint density at radius 1 is 1.35 bits per heavy atom. The average molecular weight is 235 g/mol. The summed E-state index contributed by atoms with van der Waals surface area (Å²) in [7, 11) is 0. The van der Waals surface area contributed by atoms with Gasteiger partial charge in [-0.25, -0.2) is 0 Å². The zero-order valence-electron chi connectivity index (χ0n) is 11.0. The number of nitrogens with one attached hydrogen (secondary N) is 2. The summed E-state index contributed by atoms with van der Waals surface area (Å²) in [5, 5.41) is 6.12. The molecule has 0 aliphatic rings. The van der Waals surface area contributed by atoms with E-state index in [0.717, 1.165) is 18.7 Å². The van der Waals surface area contributed by atoms with Gasteiger partial charge in [0.25, 0.3) is 5.91 Å². The van der Waals surface area contributed by atoms with Crippen LogP contribution in [0.25, 0.3) is 0 Å². The predicted molar refractivity (Wildman–Crippen MR) is 70.2 cm³/mol. The number of amides is 1. The quantitative estimate of drug-likeness (QED) is 0.842. The number of hydrogen-bond donors (Lipinski definition) is 2. The van der Waals surface area contributed by atoms with Crippen LogP contribution in [0.4, 0.5) is 5.69 Å². The third-order valence-electron chi connectivity index (χ3n) is 2.07. The summed E-state index contributed by atoms with van der Waals surface area (Å²) in [6, 6.07) is 1.82. The van der Waals surface area contributed by atoms with E-state index in [2.05, 4.69) is 22.5 Å². The molecule has 1 amide bonds. The van der Waals surface area contributed by atoms with Crippen LogP contribution in [-0.4, -0.2) is 23.0 Å². The van der Waals surface area contributed by atoms with Gasteiger partial charge < -0.3 is 10.6 Å². The van der Waals surface area contributed by atoms with Gasteiger partial charge in [-0.05, 0) is 33.3 Å². The van der Waals surface area contributed by atoms with Crippen molar-refractivity contribution in [2.75, 3.05) is 11.9 Å². The third kappa shape index (κ3) is 4.85. The molecule has 1 aromatic heterocycles. The highest BCUT2D eigenvalue weighted by molar-refractivity contribution is 5.95. The Labute approximate surface area is 103 Å². The van der Waals surface area contributed by atoms with Crippen molar-refractivity contribution >= 4 is 11.6 Å². The van der Waals surface area contributed by atoms with Crippen molar-refractivity contribution in [1.29, 1.82) is 0 Å². The molecule has 4 nitrogen and oxygen atoms in total. The Kier molecular flexibility index (Phi) is 4.49. The Morgan fingerprint density at radius 3 is 2.65 bits per heavy atom. The maximum Gasteiger partial charge on any atom is 0.253 e. The molecule has 0 radical (unpaired) electrons. The minimum atomic E-state index is -0.232. The van der Waals surface area contributed by atoms with Crippen molar-refractivity contribution < 1.29 is 4.79 Å². The first-order chi connectivity index (χ1) is 7.92. The second-order valence-electron chi connectivity index (χ2n) is 5.09. The molecule has 0 unspecified atom stereocenters. The standard InChI is InChI=1S/C13H21N3O/c1-5-6-15-11-7-10(8-14-9-11)12(17)16-13(2,3)4/h7-9,15H,5-6H2,1-4H3,(H,16,17). The van der Waals surface area contributed by atoms with E-state index in [0.29, 0.717) is 5.56 Å². The van der Waals surface area contributed by atoms with Crippen molar-refractivity contribution in [1.82, 2.24) is 10.3 Å². The molecule has 1 heterocycles. The Balaban J connectivity index is 2.74. The summed E-state index contributed by atoms with van der Waals surface area (Å²) in [6.45, 7) is 8.84. The lowest BCUT2D eigenvalue weighted by Gasteiger charge is -2.20. The number of aromatic nitrogens is 1. The summed E-state index contributed by atoms with van der Waals surface area (Å²) >= 11 is 0. The molecule has 0 aliphatic heterocycles. The van der Waals surface area contributed by atoms with Gasteiger partial charge in [0.1, 0.15) is 0 Å². The minimum absolute atomic E-state index is 0.0925. The minimum Gasteiger partial charge on any atom is -0.384 e. The molecule has 4 heteroatoms. The first kappa shape index (κ1) is 13.5. The van der Waals surface area contributed by atoms with Gasteiger partial charge in [-0.2, -0.15) is 0 Å². The average Bonchev–Trinajstić information content (AvgIpc) is 2.24. The fraction of sp³-hybridized carbons (Fsp3) is 0.538. The molecule has 1 aromatic rings. The predicted octanol–water partition coefficient (Wildman–Crippen LogP) is 2.43. The van der Waals surface area contributed by atoms with E-state index in [4.69, 9.17) is 0 Å². The van der Waals surface area contributed by atoms with Crippen molar-refractivity contribution in [3.63, 3.8) is 0 Å². The number of rotatable bonds is 4. The van der Waals surface area contributed by atoms with Gasteiger partial charge in [-0.15, -0.1) is 0 Å². The molecular weight excluding hydrogens is 214 g/mol. The van der Waals surface area contributed by atoms with Crippen LogP contribution in [0.15, 0.2) is 18.5 Å².